The largest absolute Gasteiger partial charge is 0.297 e. The van der Waals surface area contributed by atoms with E-state index in [4.69, 9.17) is 5.14 Å². The summed E-state index contributed by atoms with van der Waals surface area (Å²) >= 11 is 0. The van der Waals surface area contributed by atoms with Crippen molar-refractivity contribution < 1.29 is 8.42 Å². The molecule has 0 aliphatic heterocycles. The lowest BCUT2D eigenvalue weighted by Gasteiger charge is -2.07. The lowest BCUT2D eigenvalue weighted by atomic mass is 10.2. The lowest BCUT2D eigenvalue weighted by molar-refractivity contribution is 0.559. The highest BCUT2D eigenvalue weighted by Gasteiger charge is 2.21. The molecule has 0 unspecified atom stereocenters. The van der Waals surface area contributed by atoms with Crippen LogP contribution in [0.4, 0.5) is 0 Å². The third-order valence-corrected chi connectivity index (χ3v) is 3.36. The van der Waals surface area contributed by atoms with Gasteiger partial charge in [-0.2, -0.15) is 0 Å². The number of pyridine rings is 1. The van der Waals surface area contributed by atoms with Crippen molar-refractivity contribution in [3.05, 3.63) is 24.0 Å². The van der Waals surface area contributed by atoms with Crippen LogP contribution in [0.2, 0.25) is 0 Å². The number of hydrogen-bond acceptors (Lipinski definition) is 5. The third kappa shape index (κ3) is 2.79. The number of sulfonamides is 1. The number of nitrogens with zero attached hydrogens (tertiary/aromatic N) is 4. The quantitative estimate of drug-likeness (QED) is 0.888. The summed E-state index contributed by atoms with van der Waals surface area (Å²) in [6, 6.07) is 1.87. The summed E-state index contributed by atoms with van der Waals surface area (Å²) in [4.78, 5) is 4.07. The van der Waals surface area contributed by atoms with Crippen LogP contribution >= 0.6 is 0 Å². The van der Waals surface area contributed by atoms with E-state index in [1.807, 2.05) is 19.9 Å². The van der Waals surface area contributed by atoms with E-state index in [9.17, 15) is 8.42 Å². The number of rotatable bonds is 4. The Morgan fingerprint density at radius 3 is 2.63 bits per heavy atom. The molecule has 2 heterocycles. The summed E-state index contributed by atoms with van der Waals surface area (Å²) in [7, 11) is -3.88. The molecule has 2 aromatic rings. The van der Waals surface area contributed by atoms with Crippen LogP contribution in [-0.4, -0.2) is 28.2 Å². The molecular weight excluding hydrogens is 266 g/mol. The first-order valence-electron chi connectivity index (χ1n) is 5.81. The van der Waals surface area contributed by atoms with Crippen molar-refractivity contribution in [3.8, 4) is 11.4 Å². The Labute approximate surface area is 111 Å². The molecule has 0 saturated heterocycles. The van der Waals surface area contributed by atoms with Gasteiger partial charge in [0.2, 0.25) is 0 Å². The van der Waals surface area contributed by atoms with Gasteiger partial charge in [0.15, 0.2) is 5.82 Å². The molecule has 0 saturated carbocycles. The summed E-state index contributed by atoms with van der Waals surface area (Å²) in [5, 5.41) is 12.5. The first-order valence-corrected chi connectivity index (χ1v) is 7.36. The molecule has 0 fully saturated rings. The minimum Gasteiger partial charge on any atom is -0.297 e. The Balaban J connectivity index is 2.62. The Bertz CT molecular complexity index is 693. The smallest absolute Gasteiger partial charge is 0.273 e. The van der Waals surface area contributed by atoms with Gasteiger partial charge >= 0.3 is 0 Å². The van der Waals surface area contributed by atoms with E-state index in [0.717, 1.165) is 17.5 Å². The standard InChI is InChI=1S/C11H15N5O2S/c1-3-4-16-10(9-5-8(2)6-13-7-9)14-15-11(16)19(12,17)18/h5-7H,3-4H2,1-2H3,(H2,12,17,18). The van der Waals surface area contributed by atoms with Gasteiger partial charge in [-0.05, 0) is 25.0 Å². The fourth-order valence-corrected chi connectivity index (χ4v) is 2.45. The van der Waals surface area contributed by atoms with Gasteiger partial charge in [0.05, 0.1) is 0 Å². The maximum Gasteiger partial charge on any atom is 0.273 e. The number of primary sulfonamides is 1. The van der Waals surface area contributed by atoms with Crippen LogP contribution in [0.25, 0.3) is 11.4 Å². The van der Waals surface area contributed by atoms with Crippen LogP contribution in [0.3, 0.4) is 0 Å². The van der Waals surface area contributed by atoms with Crippen molar-refractivity contribution >= 4 is 10.0 Å². The van der Waals surface area contributed by atoms with E-state index in [0.29, 0.717) is 12.4 Å². The maximum absolute atomic E-state index is 11.5. The molecule has 0 amide bonds. The molecular formula is C11H15N5O2S. The highest BCUT2D eigenvalue weighted by molar-refractivity contribution is 7.89. The zero-order chi connectivity index (χ0) is 14.0. The average Bonchev–Trinajstić information content (AvgIpc) is 2.73. The molecule has 2 rings (SSSR count). The van der Waals surface area contributed by atoms with Gasteiger partial charge in [-0.3, -0.25) is 9.55 Å². The van der Waals surface area contributed by atoms with Crippen LogP contribution in [0.15, 0.2) is 23.6 Å². The summed E-state index contributed by atoms with van der Waals surface area (Å²) in [5.41, 5.74) is 1.68. The molecule has 0 bridgehead atoms. The molecule has 2 aromatic heterocycles. The Morgan fingerprint density at radius 2 is 2.05 bits per heavy atom. The van der Waals surface area contributed by atoms with Crippen molar-refractivity contribution in [2.45, 2.75) is 32.0 Å². The van der Waals surface area contributed by atoms with Gasteiger partial charge < -0.3 is 0 Å². The van der Waals surface area contributed by atoms with Crippen molar-refractivity contribution in [1.82, 2.24) is 19.7 Å². The second-order valence-corrected chi connectivity index (χ2v) is 5.71. The van der Waals surface area contributed by atoms with Crippen molar-refractivity contribution in [1.29, 1.82) is 0 Å². The van der Waals surface area contributed by atoms with Gasteiger partial charge in [-0.1, -0.05) is 6.92 Å². The molecule has 2 N–H and O–H groups in total. The van der Waals surface area contributed by atoms with Crippen molar-refractivity contribution in [3.63, 3.8) is 0 Å². The van der Waals surface area contributed by atoms with Gasteiger partial charge in [-0.25, -0.2) is 13.6 Å². The zero-order valence-electron chi connectivity index (χ0n) is 10.7. The van der Waals surface area contributed by atoms with Crippen molar-refractivity contribution in [2.75, 3.05) is 0 Å². The molecule has 7 nitrogen and oxygen atoms in total. The van der Waals surface area contributed by atoms with Gasteiger partial charge in [0, 0.05) is 24.5 Å². The normalized spacial score (nSPS) is 11.7. The highest BCUT2D eigenvalue weighted by atomic mass is 32.2. The van der Waals surface area contributed by atoms with E-state index in [-0.39, 0.29) is 5.16 Å². The van der Waals surface area contributed by atoms with Gasteiger partial charge in [0.1, 0.15) is 0 Å². The molecule has 19 heavy (non-hydrogen) atoms. The van der Waals surface area contributed by atoms with Gasteiger partial charge in [0.25, 0.3) is 15.2 Å². The molecule has 0 aliphatic rings. The van der Waals surface area contributed by atoms with Gasteiger partial charge in [-0.15, -0.1) is 10.2 Å². The Hall–Kier alpha value is -1.80. The van der Waals surface area contributed by atoms with Crippen LogP contribution in [-0.2, 0) is 16.6 Å². The zero-order valence-corrected chi connectivity index (χ0v) is 11.6. The van der Waals surface area contributed by atoms with E-state index in [1.165, 1.54) is 4.57 Å². The maximum atomic E-state index is 11.5. The number of aromatic nitrogens is 4. The topological polar surface area (TPSA) is 104 Å². The Morgan fingerprint density at radius 1 is 1.32 bits per heavy atom. The fraction of sp³-hybridized carbons (Fsp3) is 0.364. The molecule has 0 radical (unpaired) electrons. The summed E-state index contributed by atoms with van der Waals surface area (Å²) in [6.07, 6.45) is 4.08. The molecule has 0 aromatic carbocycles. The van der Waals surface area contributed by atoms with E-state index in [2.05, 4.69) is 15.2 Å². The minimum atomic E-state index is -3.88. The molecule has 0 spiro atoms. The molecule has 0 atom stereocenters. The average molecular weight is 281 g/mol. The molecule has 0 aliphatic carbocycles. The predicted octanol–water partition coefficient (Wildman–Crippen LogP) is 0.706. The fourth-order valence-electron chi connectivity index (χ4n) is 1.82. The second-order valence-electron chi connectivity index (χ2n) is 4.25. The lowest BCUT2D eigenvalue weighted by Crippen LogP contribution is -2.19. The van der Waals surface area contributed by atoms with E-state index in [1.54, 1.807) is 12.4 Å². The van der Waals surface area contributed by atoms with Crippen LogP contribution in [0.1, 0.15) is 18.9 Å². The number of nitrogens with two attached hydrogens (primary N) is 1. The summed E-state index contributed by atoms with van der Waals surface area (Å²) in [5.74, 6) is 0.460. The molecule has 102 valence electrons. The summed E-state index contributed by atoms with van der Waals surface area (Å²) < 4.78 is 24.5. The Kier molecular flexibility index (Phi) is 3.63. The monoisotopic (exact) mass is 281 g/mol. The van der Waals surface area contributed by atoms with Crippen LogP contribution in [0, 0.1) is 6.92 Å². The van der Waals surface area contributed by atoms with Crippen molar-refractivity contribution in [2.24, 2.45) is 5.14 Å². The highest BCUT2D eigenvalue weighted by Crippen LogP contribution is 2.20. The van der Waals surface area contributed by atoms with Crippen LogP contribution < -0.4 is 5.14 Å². The third-order valence-electron chi connectivity index (χ3n) is 2.55. The molecule has 8 heteroatoms. The number of aryl methyl sites for hydroxylation is 1. The first-order chi connectivity index (χ1) is 8.93. The summed E-state index contributed by atoms with van der Waals surface area (Å²) in [6.45, 7) is 4.31. The van der Waals surface area contributed by atoms with Crippen LogP contribution in [0.5, 0.6) is 0 Å². The van der Waals surface area contributed by atoms with E-state index < -0.39 is 10.0 Å². The predicted molar refractivity (Wildman–Crippen MR) is 69.7 cm³/mol. The second kappa shape index (κ2) is 5.06. The number of hydrogen-bond donors (Lipinski definition) is 1. The minimum absolute atomic E-state index is 0.217. The first kappa shape index (κ1) is 13.6. The SMILES string of the molecule is CCCn1c(-c2cncc(C)c2)nnc1S(N)(=O)=O. The van der Waals surface area contributed by atoms with E-state index >= 15 is 0 Å².